The van der Waals surface area contributed by atoms with Crippen LogP contribution in [-0.4, -0.2) is 58.5 Å². The van der Waals surface area contributed by atoms with E-state index in [1.54, 1.807) is 11.0 Å². The average molecular weight is 290 g/mol. The van der Waals surface area contributed by atoms with Gasteiger partial charge in [0.05, 0.1) is 12.6 Å². The number of nitrogens with one attached hydrogen (secondary N) is 1. The Morgan fingerprint density at radius 1 is 1.33 bits per heavy atom. The summed E-state index contributed by atoms with van der Waals surface area (Å²) in [5.74, 6) is 0.724. The number of nitrogens with zero attached hydrogens (tertiary/aromatic N) is 3. The molecule has 1 aliphatic carbocycles. The molecule has 3 fully saturated rings. The highest BCUT2D eigenvalue weighted by atomic mass is 16.5. The summed E-state index contributed by atoms with van der Waals surface area (Å²) in [6.45, 7) is 0.741. The summed E-state index contributed by atoms with van der Waals surface area (Å²) in [5, 5.41) is 6.28. The van der Waals surface area contributed by atoms with Crippen molar-refractivity contribution in [2.24, 2.45) is 0 Å². The lowest BCUT2D eigenvalue weighted by Crippen LogP contribution is -2.62. The van der Waals surface area contributed by atoms with E-state index < -0.39 is 0 Å². The molecule has 0 radical (unpaired) electrons. The Kier molecular flexibility index (Phi) is 2.54. The number of imide groups is 1. The molecular formula is C13H14N4O4. The van der Waals surface area contributed by atoms with E-state index in [-0.39, 0.29) is 30.4 Å². The van der Waals surface area contributed by atoms with Gasteiger partial charge in [-0.15, -0.1) is 0 Å². The molecule has 1 aromatic rings. The van der Waals surface area contributed by atoms with Crippen LogP contribution in [-0.2, 0) is 4.79 Å². The highest BCUT2D eigenvalue weighted by molar-refractivity contribution is 6.02. The molecule has 2 aliphatic heterocycles. The molecule has 2 saturated heterocycles. The van der Waals surface area contributed by atoms with Crippen molar-refractivity contribution in [3.8, 4) is 0 Å². The van der Waals surface area contributed by atoms with Gasteiger partial charge in [0.25, 0.3) is 5.91 Å². The fourth-order valence-corrected chi connectivity index (χ4v) is 2.70. The summed E-state index contributed by atoms with van der Waals surface area (Å²) in [6, 6.07) is 1.08. The molecular weight excluding hydrogens is 276 g/mol. The second-order valence-electron chi connectivity index (χ2n) is 5.68. The van der Waals surface area contributed by atoms with Gasteiger partial charge in [0.1, 0.15) is 5.76 Å². The third kappa shape index (κ3) is 1.98. The van der Waals surface area contributed by atoms with Gasteiger partial charge in [0.2, 0.25) is 5.91 Å². The van der Waals surface area contributed by atoms with Gasteiger partial charge in [-0.3, -0.25) is 14.5 Å². The van der Waals surface area contributed by atoms with Crippen LogP contribution in [0.1, 0.15) is 35.0 Å². The standard InChI is InChI=1S/C13H14N4O4/c18-11-4-14-13(20)17(11)8-5-16(6-8)12(19)9-3-10(21-15-9)7-1-2-7/h3,7-8H,1-2,4-6H2,(H,14,20). The molecule has 8 nitrogen and oxygen atoms in total. The Bertz CT molecular complexity index is 614. The van der Waals surface area contributed by atoms with E-state index in [2.05, 4.69) is 10.5 Å². The second kappa shape index (κ2) is 4.31. The first-order chi connectivity index (χ1) is 10.1. The smallest absolute Gasteiger partial charge is 0.324 e. The minimum atomic E-state index is -0.380. The molecule has 3 aliphatic rings. The lowest BCUT2D eigenvalue weighted by atomic mass is 10.1. The summed E-state index contributed by atoms with van der Waals surface area (Å²) in [7, 11) is 0. The minimum Gasteiger partial charge on any atom is -0.360 e. The van der Waals surface area contributed by atoms with Crippen molar-refractivity contribution >= 4 is 17.8 Å². The Hall–Kier alpha value is -2.38. The van der Waals surface area contributed by atoms with Crippen LogP contribution in [0.2, 0.25) is 0 Å². The van der Waals surface area contributed by atoms with Crippen molar-refractivity contribution in [3.63, 3.8) is 0 Å². The molecule has 110 valence electrons. The topological polar surface area (TPSA) is 95.8 Å². The molecule has 1 aromatic heterocycles. The maximum atomic E-state index is 12.2. The van der Waals surface area contributed by atoms with Gasteiger partial charge in [-0.25, -0.2) is 4.79 Å². The Balaban J connectivity index is 1.39. The van der Waals surface area contributed by atoms with E-state index in [9.17, 15) is 14.4 Å². The summed E-state index contributed by atoms with van der Waals surface area (Å²) in [5.41, 5.74) is 0.299. The van der Waals surface area contributed by atoms with Crippen LogP contribution in [0.3, 0.4) is 0 Å². The normalized spacial score (nSPS) is 22.5. The molecule has 0 unspecified atom stereocenters. The first-order valence-electron chi connectivity index (χ1n) is 6.99. The predicted molar refractivity (Wildman–Crippen MR) is 68.4 cm³/mol. The molecule has 0 atom stereocenters. The molecule has 0 bridgehead atoms. The maximum absolute atomic E-state index is 12.2. The number of rotatable bonds is 3. The first-order valence-corrected chi connectivity index (χ1v) is 6.99. The molecule has 4 amide bonds. The Labute approximate surface area is 120 Å². The van der Waals surface area contributed by atoms with Gasteiger partial charge in [-0.05, 0) is 12.8 Å². The van der Waals surface area contributed by atoms with Crippen LogP contribution in [0.15, 0.2) is 10.6 Å². The number of likely N-dealkylation sites (tertiary alicyclic amines) is 1. The monoisotopic (exact) mass is 290 g/mol. The van der Waals surface area contributed by atoms with Crippen LogP contribution in [0, 0.1) is 0 Å². The summed E-state index contributed by atoms with van der Waals surface area (Å²) >= 11 is 0. The van der Waals surface area contributed by atoms with Crippen molar-refractivity contribution in [1.82, 2.24) is 20.3 Å². The van der Waals surface area contributed by atoms with Crippen LogP contribution >= 0.6 is 0 Å². The summed E-state index contributed by atoms with van der Waals surface area (Å²) in [4.78, 5) is 38.0. The molecule has 1 saturated carbocycles. The van der Waals surface area contributed by atoms with E-state index in [1.165, 1.54) is 4.90 Å². The highest BCUT2D eigenvalue weighted by Crippen LogP contribution is 2.40. The van der Waals surface area contributed by atoms with E-state index in [0.29, 0.717) is 24.7 Å². The van der Waals surface area contributed by atoms with Gasteiger partial charge in [-0.1, -0.05) is 5.16 Å². The molecule has 1 N–H and O–H groups in total. The number of urea groups is 1. The third-order valence-corrected chi connectivity index (χ3v) is 4.12. The van der Waals surface area contributed by atoms with Gasteiger partial charge >= 0.3 is 6.03 Å². The molecule has 3 heterocycles. The highest BCUT2D eigenvalue weighted by Gasteiger charge is 2.43. The van der Waals surface area contributed by atoms with Crippen LogP contribution < -0.4 is 5.32 Å². The average Bonchev–Trinajstić information content (AvgIpc) is 3.07. The largest absolute Gasteiger partial charge is 0.360 e. The number of carbonyl (C=O) groups excluding carboxylic acids is 3. The van der Waals surface area contributed by atoms with Crippen molar-refractivity contribution in [2.75, 3.05) is 19.6 Å². The van der Waals surface area contributed by atoms with Crippen LogP contribution in [0.4, 0.5) is 4.79 Å². The quantitative estimate of drug-likeness (QED) is 0.786. The molecule has 0 aromatic carbocycles. The molecule has 4 rings (SSSR count). The SMILES string of the molecule is O=C(c1cc(C2CC2)on1)N1CC(N2C(=O)CNC2=O)C1. The summed E-state index contributed by atoms with van der Waals surface area (Å²) in [6.07, 6.45) is 2.17. The van der Waals surface area contributed by atoms with E-state index >= 15 is 0 Å². The van der Waals surface area contributed by atoms with E-state index in [4.69, 9.17) is 4.52 Å². The van der Waals surface area contributed by atoms with Gasteiger partial charge < -0.3 is 14.7 Å². The zero-order valence-electron chi connectivity index (χ0n) is 11.2. The summed E-state index contributed by atoms with van der Waals surface area (Å²) < 4.78 is 5.16. The lowest BCUT2D eigenvalue weighted by Gasteiger charge is -2.42. The third-order valence-electron chi connectivity index (χ3n) is 4.12. The van der Waals surface area contributed by atoms with Crippen molar-refractivity contribution in [3.05, 3.63) is 17.5 Å². The zero-order valence-corrected chi connectivity index (χ0v) is 11.2. The first kappa shape index (κ1) is 12.4. The number of hydrogen-bond acceptors (Lipinski definition) is 5. The Morgan fingerprint density at radius 3 is 2.71 bits per heavy atom. The number of hydrogen-bond donors (Lipinski definition) is 1. The second-order valence-corrected chi connectivity index (χ2v) is 5.68. The van der Waals surface area contributed by atoms with Gasteiger partial charge in [0.15, 0.2) is 5.69 Å². The Morgan fingerprint density at radius 2 is 2.10 bits per heavy atom. The van der Waals surface area contributed by atoms with Crippen molar-refractivity contribution in [2.45, 2.75) is 24.8 Å². The fourth-order valence-electron chi connectivity index (χ4n) is 2.70. The fraction of sp³-hybridized carbons (Fsp3) is 0.538. The predicted octanol–water partition coefficient (Wildman–Crippen LogP) is -0.0718. The molecule has 0 spiro atoms. The maximum Gasteiger partial charge on any atom is 0.324 e. The lowest BCUT2D eigenvalue weighted by molar-refractivity contribution is -0.128. The molecule has 21 heavy (non-hydrogen) atoms. The van der Waals surface area contributed by atoms with E-state index in [1.807, 2.05) is 0 Å². The van der Waals surface area contributed by atoms with Gasteiger partial charge in [0, 0.05) is 25.1 Å². The number of amides is 4. The van der Waals surface area contributed by atoms with Crippen LogP contribution in [0.5, 0.6) is 0 Å². The van der Waals surface area contributed by atoms with Crippen LogP contribution in [0.25, 0.3) is 0 Å². The minimum absolute atomic E-state index is 0.0390. The number of carbonyl (C=O) groups is 3. The van der Waals surface area contributed by atoms with Gasteiger partial charge in [-0.2, -0.15) is 0 Å². The van der Waals surface area contributed by atoms with Crippen molar-refractivity contribution in [1.29, 1.82) is 0 Å². The van der Waals surface area contributed by atoms with E-state index in [0.717, 1.165) is 18.6 Å². The molecule has 8 heteroatoms. The van der Waals surface area contributed by atoms with Crippen molar-refractivity contribution < 1.29 is 18.9 Å². The number of aromatic nitrogens is 1. The zero-order chi connectivity index (χ0) is 14.6.